The number of benzene rings is 1. The molecule has 184 valence electrons. The number of ether oxygens (including phenoxy) is 1. The van der Waals surface area contributed by atoms with Gasteiger partial charge < -0.3 is 24.5 Å². The lowest BCUT2D eigenvalue weighted by Gasteiger charge is -2.20. The third-order valence-corrected chi connectivity index (χ3v) is 6.19. The molecule has 11 heteroatoms. The fourth-order valence-electron chi connectivity index (χ4n) is 3.40. The van der Waals surface area contributed by atoms with Crippen LogP contribution < -0.4 is 4.72 Å². The molecule has 1 aromatic heterocycles. The summed E-state index contributed by atoms with van der Waals surface area (Å²) >= 11 is 0. The molecule has 0 spiro atoms. The number of aromatic hydroxyl groups is 1. The standard InChI is InChI=1S/C23H27NO9S/c1-12-7-8-18(26)22(28)17(25)6-4-5-15-16-9-14(11-24-34(3,30)31)33-20(16)10-19(27)21(15)23(29)32-13(12)2/h4-5,7-10,12-13,17,22,24-25,27-28H,6,11H2,1-3H3/b5-4+,8-7-/t12-,13+,17+,22+/m1/s1. The van der Waals surface area contributed by atoms with Crippen LogP contribution >= 0.6 is 0 Å². The predicted octanol–water partition coefficient (Wildman–Crippen LogP) is 1.63. The van der Waals surface area contributed by atoms with Crippen molar-refractivity contribution in [2.45, 2.75) is 45.1 Å². The van der Waals surface area contributed by atoms with Crippen LogP contribution in [-0.4, -0.2) is 60.1 Å². The topological polar surface area (TPSA) is 163 Å². The molecule has 0 fully saturated rings. The summed E-state index contributed by atoms with van der Waals surface area (Å²) in [7, 11) is -3.49. The van der Waals surface area contributed by atoms with Gasteiger partial charge in [-0.15, -0.1) is 0 Å². The van der Waals surface area contributed by atoms with E-state index in [1.54, 1.807) is 13.8 Å². The molecule has 0 aliphatic carbocycles. The minimum atomic E-state index is -3.49. The molecule has 2 heterocycles. The van der Waals surface area contributed by atoms with Crippen molar-refractivity contribution in [3.63, 3.8) is 0 Å². The molecule has 0 saturated carbocycles. The van der Waals surface area contributed by atoms with E-state index in [2.05, 4.69) is 4.72 Å². The van der Waals surface area contributed by atoms with E-state index in [9.17, 15) is 33.3 Å². The summed E-state index contributed by atoms with van der Waals surface area (Å²) in [6, 6.07) is 2.76. The first-order valence-corrected chi connectivity index (χ1v) is 12.4. The molecular formula is C23H27NO9S. The van der Waals surface area contributed by atoms with Crippen molar-refractivity contribution >= 4 is 38.8 Å². The van der Waals surface area contributed by atoms with Gasteiger partial charge in [-0.2, -0.15) is 0 Å². The number of hydrogen-bond donors (Lipinski definition) is 4. The van der Waals surface area contributed by atoms with E-state index >= 15 is 0 Å². The van der Waals surface area contributed by atoms with Gasteiger partial charge in [0.05, 0.1) is 18.9 Å². The van der Waals surface area contributed by atoms with Crippen LogP contribution in [0.2, 0.25) is 0 Å². The molecule has 0 radical (unpaired) electrons. The van der Waals surface area contributed by atoms with E-state index < -0.39 is 51.8 Å². The lowest BCUT2D eigenvalue weighted by Crippen LogP contribution is -2.32. The number of ketones is 1. The second-order valence-electron chi connectivity index (χ2n) is 8.28. The third kappa shape index (κ3) is 5.92. The number of esters is 1. The summed E-state index contributed by atoms with van der Waals surface area (Å²) < 4.78 is 36.3. The van der Waals surface area contributed by atoms with Crippen molar-refractivity contribution < 1.29 is 42.5 Å². The average molecular weight is 494 g/mol. The molecule has 1 aliphatic rings. The fourth-order valence-corrected chi connectivity index (χ4v) is 3.81. The summed E-state index contributed by atoms with van der Waals surface area (Å²) in [5.41, 5.74) is 0.272. The molecule has 34 heavy (non-hydrogen) atoms. The molecule has 0 amide bonds. The zero-order valence-corrected chi connectivity index (χ0v) is 19.7. The van der Waals surface area contributed by atoms with Gasteiger partial charge in [0.1, 0.15) is 34.9 Å². The van der Waals surface area contributed by atoms with Crippen molar-refractivity contribution in [2.24, 2.45) is 5.92 Å². The van der Waals surface area contributed by atoms with E-state index in [0.29, 0.717) is 5.39 Å². The Morgan fingerprint density at radius 3 is 2.53 bits per heavy atom. The quantitative estimate of drug-likeness (QED) is 0.465. The van der Waals surface area contributed by atoms with Crippen LogP contribution in [0.15, 0.2) is 34.8 Å². The van der Waals surface area contributed by atoms with Crippen molar-refractivity contribution in [2.75, 3.05) is 6.26 Å². The Hall–Kier alpha value is -2.99. The first kappa shape index (κ1) is 25.6. The van der Waals surface area contributed by atoms with Gasteiger partial charge in [-0.05, 0) is 25.5 Å². The van der Waals surface area contributed by atoms with Crippen molar-refractivity contribution in [1.29, 1.82) is 0 Å². The summed E-state index contributed by atoms with van der Waals surface area (Å²) in [4.78, 5) is 25.2. The molecule has 10 nitrogen and oxygen atoms in total. The van der Waals surface area contributed by atoms with Crippen LogP contribution in [0.1, 0.15) is 41.9 Å². The van der Waals surface area contributed by atoms with Gasteiger partial charge in [-0.3, -0.25) is 4.79 Å². The Labute approximate surface area is 196 Å². The summed E-state index contributed by atoms with van der Waals surface area (Å²) in [5, 5.41) is 31.3. The second kappa shape index (κ2) is 10.1. The highest BCUT2D eigenvalue weighted by Gasteiger charge is 2.26. The molecule has 0 unspecified atom stereocenters. The number of cyclic esters (lactones) is 1. The Bertz CT molecular complexity index is 1260. The predicted molar refractivity (Wildman–Crippen MR) is 123 cm³/mol. The van der Waals surface area contributed by atoms with Crippen LogP contribution in [0.25, 0.3) is 17.0 Å². The lowest BCUT2D eigenvalue weighted by molar-refractivity contribution is -0.127. The number of aliphatic hydroxyl groups is 2. The number of aliphatic hydroxyl groups excluding tert-OH is 2. The SMILES string of the molecule is C[C@@H]1/C=C\C(=O)[C@@H](O)[C@@H](O)C/C=C/c2c(c(O)cc3oc(CNS(C)(=O)=O)cc23)C(=O)O[C@H]1C. The minimum Gasteiger partial charge on any atom is -0.507 e. The Kier molecular flexibility index (Phi) is 7.61. The summed E-state index contributed by atoms with van der Waals surface area (Å²) in [6.07, 6.45) is 2.65. The molecule has 0 saturated heterocycles. The average Bonchev–Trinajstić information content (AvgIpc) is 3.16. The first-order valence-electron chi connectivity index (χ1n) is 10.6. The highest BCUT2D eigenvalue weighted by molar-refractivity contribution is 7.88. The fraction of sp³-hybridized carbons (Fsp3) is 0.391. The molecular weight excluding hydrogens is 466 g/mol. The van der Waals surface area contributed by atoms with Gasteiger partial charge in [-0.1, -0.05) is 25.2 Å². The Morgan fingerprint density at radius 2 is 1.85 bits per heavy atom. The molecule has 0 bridgehead atoms. The second-order valence-corrected chi connectivity index (χ2v) is 10.1. The maximum Gasteiger partial charge on any atom is 0.342 e. The van der Waals surface area contributed by atoms with Gasteiger partial charge in [0.2, 0.25) is 10.0 Å². The largest absolute Gasteiger partial charge is 0.507 e. The van der Waals surface area contributed by atoms with E-state index in [-0.39, 0.29) is 35.4 Å². The summed E-state index contributed by atoms with van der Waals surface area (Å²) in [5.74, 6) is -2.07. The van der Waals surface area contributed by atoms with Crippen LogP contribution in [-0.2, 0) is 26.1 Å². The lowest BCUT2D eigenvalue weighted by atomic mass is 9.98. The maximum atomic E-state index is 13.0. The molecule has 2 aromatic rings. The third-order valence-electron chi connectivity index (χ3n) is 5.52. The maximum absolute atomic E-state index is 13.0. The van der Waals surface area contributed by atoms with Crippen LogP contribution in [0.5, 0.6) is 5.75 Å². The van der Waals surface area contributed by atoms with E-state index in [0.717, 1.165) is 12.3 Å². The van der Waals surface area contributed by atoms with Gasteiger partial charge in [0.25, 0.3) is 0 Å². The number of rotatable bonds is 3. The number of carbonyl (C=O) groups excluding carboxylic acids is 2. The zero-order chi connectivity index (χ0) is 25.2. The van der Waals surface area contributed by atoms with Crippen molar-refractivity contribution in [1.82, 2.24) is 4.72 Å². The number of phenols is 1. The van der Waals surface area contributed by atoms with Crippen LogP contribution in [0, 0.1) is 5.92 Å². The zero-order valence-electron chi connectivity index (χ0n) is 18.9. The van der Waals surface area contributed by atoms with Crippen molar-refractivity contribution in [3.05, 3.63) is 47.2 Å². The molecule has 1 aromatic carbocycles. The van der Waals surface area contributed by atoms with Gasteiger partial charge in [0, 0.05) is 22.9 Å². The van der Waals surface area contributed by atoms with E-state index in [1.165, 1.54) is 30.4 Å². The summed E-state index contributed by atoms with van der Waals surface area (Å²) in [6.45, 7) is 3.18. The number of phenolic OH excluding ortho intramolecular Hbond substituents is 1. The van der Waals surface area contributed by atoms with Crippen LogP contribution in [0.3, 0.4) is 0 Å². The monoisotopic (exact) mass is 493 g/mol. The highest BCUT2D eigenvalue weighted by atomic mass is 32.2. The number of fused-ring (bicyclic) bond motifs is 3. The van der Waals surface area contributed by atoms with Gasteiger partial charge in [0.15, 0.2) is 5.78 Å². The van der Waals surface area contributed by atoms with E-state index in [1.807, 2.05) is 0 Å². The van der Waals surface area contributed by atoms with Gasteiger partial charge in [-0.25, -0.2) is 17.9 Å². The molecule has 1 aliphatic heterocycles. The number of furan rings is 1. The Morgan fingerprint density at radius 1 is 1.15 bits per heavy atom. The number of carbonyl (C=O) groups is 2. The van der Waals surface area contributed by atoms with Crippen molar-refractivity contribution in [3.8, 4) is 5.75 Å². The van der Waals surface area contributed by atoms with Crippen LogP contribution in [0.4, 0.5) is 0 Å². The number of sulfonamides is 1. The number of nitrogens with one attached hydrogen (secondary N) is 1. The normalized spacial score (nSPS) is 26.5. The molecule has 3 rings (SSSR count). The minimum absolute atomic E-state index is 0.126. The molecule has 4 N–H and O–H groups in total. The Balaban J connectivity index is 2.12. The molecule has 4 atom stereocenters. The van der Waals surface area contributed by atoms with E-state index in [4.69, 9.17) is 9.15 Å². The smallest absolute Gasteiger partial charge is 0.342 e. The number of hydrogen-bond acceptors (Lipinski definition) is 9. The first-order chi connectivity index (χ1) is 15.9. The van der Waals surface area contributed by atoms with Gasteiger partial charge >= 0.3 is 5.97 Å². The highest BCUT2D eigenvalue weighted by Crippen LogP contribution is 2.35.